The lowest BCUT2D eigenvalue weighted by Gasteiger charge is -2.32. The number of hydrogen-bond donors (Lipinski definition) is 0. The number of carbonyl (C=O) groups is 3. The summed E-state index contributed by atoms with van der Waals surface area (Å²) in [6, 6.07) is 7.04. The molecule has 2 bridgehead atoms. The van der Waals surface area contributed by atoms with Crippen LogP contribution in [0.2, 0.25) is 0 Å². The van der Waals surface area contributed by atoms with E-state index in [1.807, 2.05) is 4.90 Å². The molecular weight excluding hydrogens is 308 g/mol. The van der Waals surface area contributed by atoms with Gasteiger partial charge in [0.15, 0.2) is 0 Å². The molecule has 126 valence electrons. The number of amides is 3. The number of likely N-dealkylation sites (tertiary alicyclic amines) is 1. The zero-order valence-electron chi connectivity index (χ0n) is 13.6. The topological polar surface area (TPSA) is 66.9 Å². The minimum Gasteiger partial charge on any atom is -0.379 e. The van der Waals surface area contributed by atoms with Gasteiger partial charge >= 0.3 is 0 Å². The summed E-state index contributed by atoms with van der Waals surface area (Å²) in [7, 11) is 1.69. The highest BCUT2D eigenvalue weighted by Crippen LogP contribution is 2.40. The first kappa shape index (κ1) is 15.3. The molecule has 4 rings (SSSR count). The van der Waals surface area contributed by atoms with Gasteiger partial charge in [-0.25, -0.2) is 0 Å². The molecular formula is C18H20N2O4. The lowest BCUT2D eigenvalue weighted by Crippen LogP contribution is -2.46. The Kier molecular flexibility index (Phi) is 3.64. The Hall–Kier alpha value is -2.21. The van der Waals surface area contributed by atoms with Gasteiger partial charge < -0.3 is 9.64 Å². The Labute approximate surface area is 140 Å². The number of fused-ring (bicyclic) bond motifs is 3. The van der Waals surface area contributed by atoms with Crippen molar-refractivity contribution in [2.75, 3.05) is 20.2 Å². The molecule has 2 aliphatic heterocycles. The number of piperidine rings is 1. The van der Waals surface area contributed by atoms with E-state index in [1.165, 1.54) is 4.90 Å². The highest BCUT2D eigenvalue weighted by atomic mass is 16.5. The molecule has 1 saturated heterocycles. The number of benzene rings is 1. The summed E-state index contributed by atoms with van der Waals surface area (Å²) < 4.78 is 5.47. The summed E-state index contributed by atoms with van der Waals surface area (Å²) in [5, 5.41) is 0. The first-order valence-electron chi connectivity index (χ1n) is 8.40. The van der Waals surface area contributed by atoms with Gasteiger partial charge in [-0.1, -0.05) is 12.1 Å². The quantitative estimate of drug-likeness (QED) is 0.764. The Bertz CT molecular complexity index is 682. The second-order valence-electron chi connectivity index (χ2n) is 6.70. The molecule has 1 saturated carbocycles. The van der Waals surface area contributed by atoms with Crippen molar-refractivity contribution in [1.29, 1.82) is 0 Å². The van der Waals surface area contributed by atoms with Crippen LogP contribution in [0.5, 0.6) is 0 Å². The third kappa shape index (κ3) is 2.17. The number of carbonyl (C=O) groups excluding carboxylic acids is 3. The summed E-state index contributed by atoms with van der Waals surface area (Å²) in [5.41, 5.74) is 0.941. The van der Waals surface area contributed by atoms with Crippen molar-refractivity contribution >= 4 is 17.7 Å². The maximum absolute atomic E-state index is 12.3. The Morgan fingerprint density at radius 2 is 1.71 bits per heavy atom. The van der Waals surface area contributed by atoms with E-state index in [2.05, 4.69) is 0 Å². The minimum absolute atomic E-state index is 0.0826. The highest BCUT2D eigenvalue weighted by molar-refractivity contribution is 6.21. The summed E-state index contributed by atoms with van der Waals surface area (Å²) in [6.45, 7) is 0.901. The van der Waals surface area contributed by atoms with Crippen LogP contribution in [0.3, 0.4) is 0 Å². The molecule has 1 aromatic rings. The lowest BCUT2D eigenvalue weighted by atomic mass is 10.1. The van der Waals surface area contributed by atoms with Crippen molar-refractivity contribution in [2.45, 2.75) is 31.4 Å². The second kappa shape index (κ2) is 5.70. The summed E-state index contributed by atoms with van der Waals surface area (Å²) in [5.74, 6) is -0.200. The van der Waals surface area contributed by atoms with Crippen LogP contribution in [0.15, 0.2) is 24.3 Å². The number of nitrogens with zero attached hydrogens (tertiary/aromatic N) is 2. The molecule has 0 radical (unpaired) electrons. The van der Waals surface area contributed by atoms with Crippen LogP contribution >= 0.6 is 0 Å². The monoisotopic (exact) mass is 328 g/mol. The Balaban J connectivity index is 1.38. The fourth-order valence-corrected chi connectivity index (χ4v) is 4.28. The molecule has 3 atom stereocenters. The third-order valence-corrected chi connectivity index (χ3v) is 5.47. The van der Waals surface area contributed by atoms with Gasteiger partial charge in [0.2, 0.25) is 5.91 Å². The Morgan fingerprint density at radius 3 is 2.29 bits per heavy atom. The standard InChI is InChI=1S/C18H20N2O4/c1-24-15-10-11-9-14(15)19(16(11)21)7-4-8-20-17(22)12-5-2-3-6-13(12)18(20)23/h2-3,5-6,11,14-15H,4,7-10H2,1H3/t11-,14+,15-/m1/s1. The number of rotatable bonds is 5. The van der Waals surface area contributed by atoms with Crippen LogP contribution in [-0.2, 0) is 9.53 Å². The number of imide groups is 1. The molecule has 0 spiro atoms. The van der Waals surface area contributed by atoms with Gasteiger partial charge in [0.1, 0.15) is 0 Å². The zero-order chi connectivity index (χ0) is 16.8. The van der Waals surface area contributed by atoms with E-state index in [-0.39, 0.29) is 35.8 Å². The van der Waals surface area contributed by atoms with Gasteiger partial charge in [0.05, 0.1) is 23.3 Å². The SMILES string of the molecule is CO[C@@H]1C[C@H]2C[C@@H]1N(CCCN1C(=O)c3ccccc3C1=O)C2=O. The van der Waals surface area contributed by atoms with E-state index in [1.54, 1.807) is 31.4 Å². The molecule has 24 heavy (non-hydrogen) atoms. The van der Waals surface area contributed by atoms with E-state index < -0.39 is 0 Å². The van der Waals surface area contributed by atoms with Gasteiger partial charge in [-0.2, -0.15) is 0 Å². The van der Waals surface area contributed by atoms with Crippen molar-refractivity contribution in [3.8, 4) is 0 Å². The van der Waals surface area contributed by atoms with Crippen LogP contribution in [0.1, 0.15) is 40.0 Å². The maximum atomic E-state index is 12.3. The molecule has 0 unspecified atom stereocenters. The largest absolute Gasteiger partial charge is 0.379 e. The van der Waals surface area contributed by atoms with Crippen LogP contribution in [0.25, 0.3) is 0 Å². The average Bonchev–Trinajstić information content (AvgIpc) is 3.22. The van der Waals surface area contributed by atoms with E-state index in [0.717, 1.165) is 12.8 Å². The molecule has 6 nitrogen and oxygen atoms in total. The third-order valence-electron chi connectivity index (χ3n) is 5.47. The van der Waals surface area contributed by atoms with Crippen molar-refractivity contribution in [2.24, 2.45) is 5.92 Å². The predicted octanol–water partition coefficient (Wildman–Crippen LogP) is 1.31. The molecule has 0 N–H and O–H groups in total. The molecule has 1 aliphatic carbocycles. The lowest BCUT2D eigenvalue weighted by molar-refractivity contribution is -0.138. The van der Waals surface area contributed by atoms with E-state index in [0.29, 0.717) is 30.6 Å². The minimum atomic E-state index is -0.236. The smallest absolute Gasteiger partial charge is 0.261 e. The van der Waals surface area contributed by atoms with E-state index in [4.69, 9.17) is 4.74 Å². The average molecular weight is 328 g/mol. The van der Waals surface area contributed by atoms with E-state index in [9.17, 15) is 14.4 Å². The van der Waals surface area contributed by atoms with Gasteiger partial charge in [0, 0.05) is 26.1 Å². The fourth-order valence-electron chi connectivity index (χ4n) is 4.28. The molecule has 6 heteroatoms. The van der Waals surface area contributed by atoms with Gasteiger partial charge in [-0.15, -0.1) is 0 Å². The highest BCUT2D eigenvalue weighted by Gasteiger charge is 2.50. The number of hydrogen-bond acceptors (Lipinski definition) is 4. The molecule has 1 aromatic carbocycles. The summed E-state index contributed by atoms with van der Waals surface area (Å²) in [6.07, 6.45) is 2.39. The predicted molar refractivity (Wildman–Crippen MR) is 85.4 cm³/mol. The van der Waals surface area contributed by atoms with Crippen LogP contribution in [0, 0.1) is 5.92 Å². The van der Waals surface area contributed by atoms with Crippen LogP contribution in [0.4, 0.5) is 0 Å². The molecule has 3 amide bonds. The van der Waals surface area contributed by atoms with Gasteiger partial charge in [-0.3, -0.25) is 19.3 Å². The van der Waals surface area contributed by atoms with Gasteiger partial charge in [-0.05, 0) is 31.4 Å². The normalized spacial score (nSPS) is 28.2. The summed E-state index contributed by atoms with van der Waals surface area (Å²) in [4.78, 5) is 40.1. The van der Waals surface area contributed by atoms with Gasteiger partial charge in [0.25, 0.3) is 11.8 Å². The number of ether oxygens (including phenoxy) is 1. The zero-order valence-corrected chi connectivity index (χ0v) is 13.6. The summed E-state index contributed by atoms with van der Waals surface area (Å²) >= 11 is 0. The van der Waals surface area contributed by atoms with Crippen LogP contribution in [-0.4, -0.2) is 59.9 Å². The van der Waals surface area contributed by atoms with Crippen molar-refractivity contribution in [1.82, 2.24) is 9.80 Å². The van der Waals surface area contributed by atoms with Crippen molar-refractivity contribution < 1.29 is 19.1 Å². The Morgan fingerprint density at radius 1 is 1.04 bits per heavy atom. The molecule has 0 aromatic heterocycles. The van der Waals surface area contributed by atoms with Crippen LogP contribution < -0.4 is 0 Å². The molecule has 2 fully saturated rings. The number of methoxy groups -OCH3 is 1. The first-order chi connectivity index (χ1) is 11.6. The molecule has 2 heterocycles. The first-order valence-corrected chi connectivity index (χ1v) is 8.40. The van der Waals surface area contributed by atoms with Crippen molar-refractivity contribution in [3.05, 3.63) is 35.4 Å². The fraction of sp³-hybridized carbons (Fsp3) is 0.500. The maximum Gasteiger partial charge on any atom is 0.261 e. The molecule has 3 aliphatic rings. The second-order valence-corrected chi connectivity index (χ2v) is 6.70. The van der Waals surface area contributed by atoms with E-state index >= 15 is 0 Å². The van der Waals surface area contributed by atoms with Crippen molar-refractivity contribution in [3.63, 3.8) is 0 Å².